The molecular weight excluding hydrogens is 224 g/mol. The second-order valence-electron chi connectivity index (χ2n) is 3.45. The van der Waals surface area contributed by atoms with Crippen LogP contribution in [0.25, 0.3) is 0 Å². The first-order valence-electron chi connectivity index (χ1n) is 4.73. The maximum absolute atomic E-state index is 11.4. The van der Waals surface area contributed by atoms with E-state index in [2.05, 4.69) is 5.32 Å². The van der Waals surface area contributed by atoms with Crippen LogP contribution < -0.4 is 5.32 Å². The minimum absolute atomic E-state index is 0. The lowest BCUT2D eigenvalue weighted by molar-refractivity contribution is 0.272. The van der Waals surface area contributed by atoms with Gasteiger partial charge in [0.2, 0.25) is 10.0 Å². The Morgan fingerprint density at radius 3 is 2.21 bits per heavy atom. The lowest BCUT2D eigenvalue weighted by Crippen LogP contribution is -2.45. The summed E-state index contributed by atoms with van der Waals surface area (Å²) in [6.45, 7) is 4.33. The molecule has 1 saturated heterocycles. The molecule has 1 fully saturated rings. The highest BCUT2D eigenvalue weighted by Crippen LogP contribution is 2.14. The maximum Gasteiger partial charge on any atom is 0.211 e. The Morgan fingerprint density at radius 1 is 1.36 bits per heavy atom. The summed E-state index contributed by atoms with van der Waals surface area (Å²) in [5.41, 5.74) is 0. The molecular formula is C8H19ClN2O2S. The smallest absolute Gasteiger partial charge is 0.211 e. The number of hydrogen-bond acceptors (Lipinski definition) is 3. The number of sulfonamides is 1. The Morgan fingerprint density at radius 2 is 1.86 bits per heavy atom. The monoisotopic (exact) mass is 242 g/mol. The summed E-state index contributed by atoms with van der Waals surface area (Å²) in [7, 11) is -3.01. The van der Waals surface area contributed by atoms with Crippen molar-refractivity contribution < 1.29 is 8.42 Å². The molecule has 0 atom stereocenters. The Kier molecular flexibility index (Phi) is 5.97. The molecule has 0 radical (unpaired) electrons. The number of nitrogens with zero attached hydrogens (tertiary/aromatic N) is 1. The van der Waals surface area contributed by atoms with Gasteiger partial charge >= 0.3 is 0 Å². The first-order valence-corrected chi connectivity index (χ1v) is 6.58. The van der Waals surface area contributed by atoms with Crippen molar-refractivity contribution in [2.45, 2.75) is 25.8 Å². The van der Waals surface area contributed by atoms with E-state index in [-0.39, 0.29) is 18.4 Å². The van der Waals surface area contributed by atoms with Gasteiger partial charge in [0.15, 0.2) is 0 Å². The summed E-state index contributed by atoms with van der Waals surface area (Å²) in [4.78, 5) is 0. The van der Waals surface area contributed by atoms with Gasteiger partial charge < -0.3 is 5.32 Å². The minimum Gasteiger partial charge on any atom is -0.317 e. The third kappa shape index (κ3) is 3.73. The van der Waals surface area contributed by atoms with Gasteiger partial charge in [0.05, 0.1) is 6.26 Å². The van der Waals surface area contributed by atoms with Gasteiger partial charge in [-0.25, -0.2) is 8.42 Å². The highest BCUT2D eigenvalue weighted by Gasteiger charge is 2.25. The van der Waals surface area contributed by atoms with Crippen molar-refractivity contribution in [3.63, 3.8) is 0 Å². The van der Waals surface area contributed by atoms with Crippen molar-refractivity contribution in [2.24, 2.45) is 0 Å². The van der Waals surface area contributed by atoms with Gasteiger partial charge in [0.25, 0.3) is 0 Å². The molecule has 1 N–H and O–H groups in total. The third-order valence-corrected chi connectivity index (χ3v) is 3.86. The van der Waals surface area contributed by atoms with Crippen molar-refractivity contribution in [2.75, 3.05) is 25.9 Å². The number of nitrogens with one attached hydrogen (secondary N) is 1. The summed E-state index contributed by atoms with van der Waals surface area (Å²) in [6.07, 6.45) is 3.15. The largest absolute Gasteiger partial charge is 0.317 e. The van der Waals surface area contributed by atoms with Gasteiger partial charge in [-0.1, -0.05) is 6.92 Å². The Hall–Kier alpha value is 0.160. The molecule has 1 heterocycles. The van der Waals surface area contributed by atoms with E-state index >= 15 is 0 Å². The van der Waals surface area contributed by atoms with Crippen LogP contribution in [0.5, 0.6) is 0 Å². The second-order valence-corrected chi connectivity index (χ2v) is 5.38. The topological polar surface area (TPSA) is 49.4 Å². The van der Waals surface area contributed by atoms with Gasteiger partial charge in [-0.05, 0) is 25.9 Å². The van der Waals surface area contributed by atoms with Crippen molar-refractivity contribution >= 4 is 22.4 Å². The van der Waals surface area contributed by atoms with Crippen molar-refractivity contribution in [3.05, 3.63) is 0 Å². The average molecular weight is 243 g/mol. The minimum atomic E-state index is -3.01. The molecule has 0 aromatic rings. The van der Waals surface area contributed by atoms with Crippen LogP contribution in [0.3, 0.4) is 0 Å². The van der Waals surface area contributed by atoms with Crippen LogP contribution in [0.2, 0.25) is 0 Å². The van der Waals surface area contributed by atoms with Gasteiger partial charge in [0.1, 0.15) is 0 Å². The molecule has 6 heteroatoms. The third-order valence-electron chi connectivity index (χ3n) is 2.45. The van der Waals surface area contributed by atoms with Gasteiger partial charge in [-0.15, -0.1) is 12.4 Å². The highest BCUT2D eigenvalue weighted by atomic mass is 35.5. The summed E-state index contributed by atoms with van der Waals surface area (Å²) in [5, 5.41) is 3.22. The second kappa shape index (κ2) is 5.90. The van der Waals surface area contributed by atoms with Crippen LogP contribution in [0, 0.1) is 0 Å². The summed E-state index contributed by atoms with van der Waals surface area (Å²) < 4.78 is 24.3. The number of rotatable bonds is 3. The van der Waals surface area contributed by atoms with Crippen LogP contribution in [-0.4, -0.2) is 44.7 Å². The van der Waals surface area contributed by atoms with E-state index in [4.69, 9.17) is 0 Å². The molecule has 0 amide bonds. The van der Waals surface area contributed by atoms with Crippen molar-refractivity contribution in [1.29, 1.82) is 0 Å². The number of hydrogen-bond donors (Lipinski definition) is 1. The van der Waals surface area contributed by atoms with Crippen LogP contribution in [0.15, 0.2) is 0 Å². The molecule has 14 heavy (non-hydrogen) atoms. The average Bonchev–Trinajstić information content (AvgIpc) is 2.05. The lowest BCUT2D eigenvalue weighted by Gasteiger charge is -2.31. The molecule has 4 nitrogen and oxygen atoms in total. The van der Waals surface area contributed by atoms with E-state index in [1.54, 1.807) is 4.31 Å². The standard InChI is InChI=1S/C8H18N2O2S.ClH/c1-3-10(13(2,11)12)8-4-6-9-7-5-8;/h8-9H,3-7H2,1-2H3;1H. The molecule has 1 aliphatic rings. The summed E-state index contributed by atoms with van der Waals surface area (Å²) in [6, 6.07) is 0.209. The zero-order chi connectivity index (χ0) is 9.90. The van der Waals surface area contributed by atoms with Crippen molar-refractivity contribution in [1.82, 2.24) is 9.62 Å². The Bertz CT molecular complexity index is 250. The molecule has 0 saturated carbocycles. The molecule has 0 spiro atoms. The van der Waals surface area contributed by atoms with Crippen LogP contribution >= 0.6 is 12.4 Å². The summed E-state index contributed by atoms with van der Waals surface area (Å²) in [5.74, 6) is 0. The fraction of sp³-hybridized carbons (Fsp3) is 1.00. The quantitative estimate of drug-likeness (QED) is 0.782. The fourth-order valence-electron chi connectivity index (χ4n) is 1.86. The molecule has 0 aromatic carbocycles. The normalized spacial score (nSPS) is 19.4. The van der Waals surface area contributed by atoms with E-state index < -0.39 is 10.0 Å². The van der Waals surface area contributed by atoms with E-state index in [1.807, 2.05) is 6.92 Å². The van der Waals surface area contributed by atoms with Crippen LogP contribution in [-0.2, 0) is 10.0 Å². The van der Waals surface area contributed by atoms with Gasteiger partial charge in [-0.3, -0.25) is 0 Å². The molecule has 0 aliphatic carbocycles. The number of piperidine rings is 1. The molecule has 0 unspecified atom stereocenters. The first kappa shape index (κ1) is 14.2. The summed E-state index contributed by atoms with van der Waals surface area (Å²) >= 11 is 0. The highest BCUT2D eigenvalue weighted by molar-refractivity contribution is 7.88. The fourth-order valence-corrected chi connectivity index (χ4v) is 3.08. The molecule has 0 bridgehead atoms. The van der Waals surface area contributed by atoms with E-state index in [0.29, 0.717) is 6.54 Å². The Labute approximate surface area is 92.5 Å². The SMILES string of the molecule is CCN(C1CCNCC1)S(C)(=O)=O.Cl. The Balaban J connectivity index is 0.00000169. The first-order chi connectivity index (χ1) is 6.05. The zero-order valence-electron chi connectivity index (χ0n) is 8.69. The molecule has 86 valence electrons. The molecule has 1 aliphatic heterocycles. The van der Waals surface area contributed by atoms with Crippen LogP contribution in [0.4, 0.5) is 0 Å². The zero-order valence-corrected chi connectivity index (χ0v) is 10.3. The molecule has 1 rings (SSSR count). The van der Waals surface area contributed by atoms with Gasteiger partial charge in [-0.2, -0.15) is 4.31 Å². The van der Waals surface area contributed by atoms with Gasteiger partial charge in [0, 0.05) is 12.6 Å². The predicted molar refractivity (Wildman–Crippen MR) is 60.4 cm³/mol. The maximum atomic E-state index is 11.4. The van der Waals surface area contributed by atoms with E-state index in [0.717, 1.165) is 25.9 Å². The predicted octanol–water partition coefficient (Wildman–Crippen LogP) is 0.442. The number of halogens is 1. The lowest BCUT2D eigenvalue weighted by atomic mass is 10.1. The van der Waals surface area contributed by atoms with Crippen LogP contribution in [0.1, 0.15) is 19.8 Å². The van der Waals surface area contributed by atoms with Crippen molar-refractivity contribution in [3.8, 4) is 0 Å². The van der Waals surface area contributed by atoms with E-state index in [1.165, 1.54) is 6.26 Å². The molecule has 0 aromatic heterocycles. The van der Waals surface area contributed by atoms with E-state index in [9.17, 15) is 8.42 Å².